The van der Waals surface area contributed by atoms with Crippen molar-refractivity contribution < 1.29 is 0 Å². The Labute approximate surface area is 130 Å². The highest BCUT2D eigenvalue weighted by molar-refractivity contribution is 5.39. The average Bonchev–Trinajstić information content (AvgIpc) is 2.76. The van der Waals surface area contributed by atoms with Crippen molar-refractivity contribution in [2.75, 3.05) is 5.73 Å². The summed E-state index contributed by atoms with van der Waals surface area (Å²) in [5.41, 5.74) is 7.34. The van der Waals surface area contributed by atoms with E-state index in [9.17, 15) is 0 Å². The molecule has 0 atom stereocenters. The van der Waals surface area contributed by atoms with E-state index < -0.39 is 0 Å². The lowest BCUT2D eigenvalue weighted by Crippen LogP contribution is -2.07. The number of unbranched alkanes of at least 4 members (excludes halogenated alkanes) is 6. The Morgan fingerprint density at radius 3 is 2.33 bits per heavy atom. The van der Waals surface area contributed by atoms with Crippen LogP contribution in [0.1, 0.15) is 83.2 Å². The van der Waals surface area contributed by atoms with Crippen LogP contribution in [0.3, 0.4) is 0 Å². The van der Waals surface area contributed by atoms with Gasteiger partial charge in [0, 0.05) is 12.5 Å². The Morgan fingerprint density at radius 1 is 1.14 bits per heavy atom. The fourth-order valence-electron chi connectivity index (χ4n) is 2.73. The lowest BCUT2D eigenvalue weighted by atomic mass is 10.1. The summed E-state index contributed by atoms with van der Waals surface area (Å²) >= 11 is 0. The van der Waals surface area contributed by atoms with Gasteiger partial charge >= 0.3 is 0 Å². The molecule has 1 heterocycles. The minimum absolute atomic E-state index is 0.398. The fraction of sp³-hybridized carbons (Fsp3) is 0.722. The number of nitrogens with zero attached hydrogens (tertiary/aromatic N) is 2. The average molecular weight is 291 g/mol. The van der Waals surface area contributed by atoms with Gasteiger partial charge in [-0.1, -0.05) is 65.4 Å². The van der Waals surface area contributed by atoms with Crippen LogP contribution >= 0.6 is 0 Å². The van der Waals surface area contributed by atoms with Gasteiger partial charge in [0.05, 0.1) is 5.69 Å². The van der Waals surface area contributed by atoms with Crippen LogP contribution in [-0.2, 0) is 13.0 Å². The van der Waals surface area contributed by atoms with Gasteiger partial charge in [0.1, 0.15) is 11.6 Å². The zero-order chi connectivity index (χ0) is 15.7. The number of rotatable bonds is 11. The lowest BCUT2D eigenvalue weighted by Gasteiger charge is -2.09. The zero-order valence-electron chi connectivity index (χ0n) is 14.2. The molecule has 0 aliphatic rings. The van der Waals surface area contributed by atoms with Crippen LogP contribution < -0.4 is 5.73 Å². The lowest BCUT2D eigenvalue weighted by molar-refractivity contribution is 0.587. The molecule has 0 unspecified atom stereocenters. The first kappa shape index (κ1) is 17.8. The Morgan fingerprint density at radius 2 is 1.76 bits per heavy atom. The molecule has 0 saturated heterocycles. The van der Waals surface area contributed by atoms with Crippen molar-refractivity contribution in [2.24, 2.45) is 0 Å². The van der Waals surface area contributed by atoms with Crippen LogP contribution in [0, 0.1) is 0 Å². The maximum atomic E-state index is 6.26. The highest BCUT2D eigenvalue weighted by atomic mass is 15.1. The van der Waals surface area contributed by atoms with Gasteiger partial charge in [0.15, 0.2) is 0 Å². The number of nitrogen functional groups attached to an aromatic ring is 1. The van der Waals surface area contributed by atoms with Crippen LogP contribution in [0.4, 0.5) is 5.82 Å². The summed E-state index contributed by atoms with van der Waals surface area (Å²) in [7, 11) is 0. The predicted octanol–water partition coefficient (Wildman–Crippen LogP) is 5.07. The van der Waals surface area contributed by atoms with Crippen molar-refractivity contribution in [3.8, 4) is 0 Å². The summed E-state index contributed by atoms with van der Waals surface area (Å²) in [4.78, 5) is 4.77. The summed E-state index contributed by atoms with van der Waals surface area (Å²) in [6.07, 6.45) is 12.1. The molecular weight excluding hydrogens is 258 g/mol. The van der Waals surface area contributed by atoms with Gasteiger partial charge in [-0.15, -0.1) is 6.58 Å². The normalized spacial score (nSPS) is 11.2. The van der Waals surface area contributed by atoms with Crippen LogP contribution in [0.5, 0.6) is 0 Å². The maximum absolute atomic E-state index is 6.26. The van der Waals surface area contributed by atoms with E-state index in [-0.39, 0.29) is 0 Å². The van der Waals surface area contributed by atoms with E-state index in [0.717, 1.165) is 30.3 Å². The number of hydrogen-bond acceptors (Lipinski definition) is 2. The number of anilines is 1. The molecule has 0 amide bonds. The monoisotopic (exact) mass is 291 g/mol. The maximum Gasteiger partial charge on any atom is 0.127 e. The summed E-state index contributed by atoms with van der Waals surface area (Å²) in [6.45, 7) is 11.2. The van der Waals surface area contributed by atoms with E-state index in [4.69, 9.17) is 10.7 Å². The molecule has 2 N–H and O–H groups in total. The molecule has 0 aromatic carbocycles. The third kappa shape index (κ3) is 5.56. The van der Waals surface area contributed by atoms with E-state index in [1.165, 1.54) is 44.9 Å². The van der Waals surface area contributed by atoms with Crippen molar-refractivity contribution in [1.82, 2.24) is 9.55 Å². The standard InChI is InChI=1S/C18H33N3/c1-5-7-8-9-10-11-12-13-16-17(19)21(14-6-2)18(20-16)15(3)4/h6,15H,2,5,7-14,19H2,1,3-4H3. The molecule has 1 rings (SSSR count). The minimum Gasteiger partial charge on any atom is -0.384 e. The summed E-state index contributed by atoms with van der Waals surface area (Å²) < 4.78 is 2.11. The van der Waals surface area contributed by atoms with Gasteiger partial charge < -0.3 is 10.3 Å². The fourth-order valence-corrected chi connectivity index (χ4v) is 2.73. The molecular formula is C18H33N3. The quantitative estimate of drug-likeness (QED) is 0.457. The van der Waals surface area contributed by atoms with Gasteiger partial charge in [-0.25, -0.2) is 4.98 Å². The van der Waals surface area contributed by atoms with Crippen molar-refractivity contribution in [3.05, 3.63) is 24.2 Å². The SMILES string of the molecule is C=CCn1c(C(C)C)nc(CCCCCCCCC)c1N. The first-order valence-corrected chi connectivity index (χ1v) is 8.57. The Balaban J connectivity index is 2.48. The number of allylic oxidation sites excluding steroid dienone is 1. The van der Waals surface area contributed by atoms with Crippen molar-refractivity contribution in [3.63, 3.8) is 0 Å². The molecule has 0 spiro atoms. The summed E-state index contributed by atoms with van der Waals surface area (Å²) in [5.74, 6) is 2.32. The van der Waals surface area contributed by atoms with Crippen LogP contribution in [0.15, 0.2) is 12.7 Å². The Bertz CT molecular complexity index is 418. The second kappa shape index (κ2) is 9.64. The van der Waals surface area contributed by atoms with Gasteiger partial charge in [-0.05, 0) is 12.8 Å². The molecule has 0 radical (unpaired) electrons. The van der Waals surface area contributed by atoms with E-state index >= 15 is 0 Å². The molecule has 0 saturated carbocycles. The van der Waals surface area contributed by atoms with E-state index in [0.29, 0.717) is 5.92 Å². The van der Waals surface area contributed by atoms with E-state index in [1.54, 1.807) is 0 Å². The highest BCUT2D eigenvalue weighted by Crippen LogP contribution is 2.23. The number of hydrogen-bond donors (Lipinski definition) is 1. The first-order valence-electron chi connectivity index (χ1n) is 8.57. The van der Waals surface area contributed by atoms with Gasteiger partial charge in [-0.2, -0.15) is 0 Å². The second-order valence-corrected chi connectivity index (χ2v) is 6.23. The molecule has 3 nitrogen and oxygen atoms in total. The van der Waals surface area contributed by atoms with Gasteiger partial charge in [-0.3, -0.25) is 0 Å². The molecule has 3 heteroatoms. The molecule has 0 bridgehead atoms. The van der Waals surface area contributed by atoms with Crippen molar-refractivity contribution in [1.29, 1.82) is 0 Å². The van der Waals surface area contributed by atoms with E-state index in [1.807, 2.05) is 6.08 Å². The van der Waals surface area contributed by atoms with Gasteiger partial charge in [0.25, 0.3) is 0 Å². The summed E-state index contributed by atoms with van der Waals surface area (Å²) in [5, 5.41) is 0. The first-order chi connectivity index (χ1) is 10.1. The largest absolute Gasteiger partial charge is 0.384 e. The van der Waals surface area contributed by atoms with Crippen LogP contribution in [-0.4, -0.2) is 9.55 Å². The van der Waals surface area contributed by atoms with Gasteiger partial charge in [0.2, 0.25) is 0 Å². The third-order valence-electron chi connectivity index (χ3n) is 3.96. The minimum atomic E-state index is 0.398. The molecule has 120 valence electrons. The summed E-state index contributed by atoms with van der Waals surface area (Å²) in [6, 6.07) is 0. The number of aryl methyl sites for hydroxylation is 1. The molecule has 0 aliphatic carbocycles. The van der Waals surface area contributed by atoms with Crippen molar-refractivity contribution >= 4 is 5.82 Å². The highest BCUT2D eigenvalue weighted by Gasteiger charge is 2.15. The third-order valence-corrected chi connectivity index (χ3v) is 3.96. The second-order valence-electron chi connectivity index (χ2n) is 6.23. The number of imidazole rings is 1. The molecule has 1 aromatic rings. The molecule has 21 heavy (non-hydrogen) atoms. The molecule has 0 aliphatic heterocycles. The van der Waals surface area contributed by atoms with Crippen molar-refractivity contribution in [2.45, 2.75) is 84.6 Å². The molecule has 0 fully saturated rings. The van der Waals surface area contributed by atoms with E-state index in [2.05, 4.69) is 31.9 Å². The van der Waals surface area contributed by atoms with Crippen LogP contribution in [0.2, 0.25) is 0 Å². The Hall–Kier alpha value is -1.25. The zero-order valence-corrected chi connectivity index (χ0v) is 14.2. The number of aromatic nitrogens is 2. The molecule has 1 aromatic heterocycles. The van der Waals surface area contributed by atoms with Crippen LogP contribution in [0.25, 0.3) is 0 Å². The predicted molar refractivity (Wildman–Crippen MR) is 92.6 cm³/mol. The number of nitrogens with two attached hydrogens (primary N) is 1. The smallest absolute Gasteiger partial charge is 0.127 e. The topological polar surface area (TPSA) is 43.8 Å². The Kier molecular flexibility index (Phi) is 8.17.